The van der Waals surface area contributed by atoms with E-state index in [9.17, 15) is 4.79 Å². The Labute approximate surface area is 185 Å². The molecule has 0 N–H and O–H groups in total. The van der Waals surface area contributed by atoms with E-state index in [4.69, 9.17) is 18.9 Å². The van der Waals surface area contributed by atoms with Crippen molar-refractivity contribution in [3.05, 3.63) is 84.5 Å². The van der Waals surface area contributed by atoms with Crippen molar-refractivity contribution in [3.63, 3.8) is 0 Å². The van der Waals surface area contributed by atoms with Gasteiger partial charge in [-0.3, -0.25) is 0 Å². The lowest BCUT2D eigenvalue weighted by Gasteiger charge is -2.26. The number of ether oxygens (including phenoxy) is 4. The van der Waals surface area contributed by atoms with Crippen LogP contribution in [0.1, 0.15) is 31.9 Å². The Bertz CT molecular complexity index is 850. The molecule has 0 heterocycles. The van der Waals surface area contributed by atoms with Crippen LogP contribution in [-0.2, 0) is 19.7 Å². The molecule has 0 aliphatic rings. The van der Waals surface area contributed by atoms with Gasteiger partial charge >= 0.3 is 5.97 Å². The Morgan fingerprint density at radius 2 is 1.35 bits per heavy atom. The van der Waals surface area contributed by atoms with Crippen molar-refractivity contribution >= 4 is 5.97 Å². The maximum Gasteiger partial charge on any atom is 0.333 e. The molecular weight excluding hydrogens is 392 g/mol. The Kier molecular flexibility index (Phi) is 9.35. The molecule has 2 aromatic rings. The second-order valence-corrected chi connectivity index (χ2v) is 7.65. The number of rotatable bonds is 13. The van der Waals surface area contributed by atoms with E-state index in [1.165, 1.54) is 11.1 Å². The number of hydrogen-bond acceptors (Lipinski definition) is 5. The van der Waals surface area contributed by atoms with Crippen molar-refractivity contribution < 1.29 is 23.7 Å². The molecule has 0 fully saturated rings. The van der Waals surface area contributed by atoms with Gasteiger partial charge in [0.25, 0.3) is 0 Å². The van der Waals surface area contributed by atoms with Gasteiger partial charge in [0.2, 0.25) is 0 Å². The SMILES string of the molecule is C=CCOCCOc1ccc(C(C)(C)c2ccc(OCCOC(=O)C(=C)C)cc2)cc1. The normalized spacial score (nSPS) is 10.9. The van der Waals surface area contributed by atoms with E-state index < -0.39 is 5.97 Å². The lowest BCUT2D eigenvalue weighted by atomic mass is 9.78. The highest BCUT2D eigenvalue weighted by Gasteiger charge is 2.23. The molecule has 0 atom stereocenters. The third-order valence-corrected chi connectivity index (χ3v) is 4.82. The maximum atomic E-state index is 11.4. The third-order valence-electron chi connectivity index (χ3n) is 4.82. The monoisotopic (exact) mass is 424 g/mol. The summed E-state index contributed by atoms with van der Waals surface area (Å²) in [6.07, 6.45) is 1.72. The molecule has 2 aromatic carbocycles. The second kappa shape index (κ2) is 12.0. The Morgan fingerprint density at radius 1 is 0.871 bits per heavy atom. The molecule has 0 bridgehead atoms. The predicted octanol–water partition coefficient (Wildman–Crippen LogP) is 5.09. The number of esters is 1. The first-order chi connectivity index (χ1) is 14.8. The third kappa shape index (κ3) is 7.61. The maximum absolute atomic E-state index is 11.4. The summed E-state index contributed by atoms with van der Waals surface area (Å²) in [5.74, 6) is 1.14. The van der Waals surface area contributed by atoms with Crippen molar-refractivity contribution in [2.75, 3.05) is 33.0 Å². The summed E-state index contributed by atoms with van der Waals surface area (Å²) < 4.78 is 21.7. The van der Waals surface area contributed by atoms with Gasteiger partial charge in [-0.2, -0.15) is 0 Å². The van der Waals surface area contributed by atoms with E-state index in [1.807, 2.05) is 24.3 Å². The highest BCUT2D eigenvalue weighted by atomic mass is 16.6. The summed E-state index contributed by atoms with van der Waals surface area (Å²) in [4.78, 5) is 11.4. The van der Waals surface area contributed by atoms with Crippen LogP contribution in [0.3, 0.4) is 0 Å². The van der Waals surface area contributed by atoms with Crippen LogP contribution in [0.5, 0.6) is 11.5 Å². The van der Waals surface area contributed by atoms with Gasteiger partial charge in [-0.1, -0.05) is 50.8 Å². The molecule has 0 amide bonds. The van der Waals surface area contributed by atoms with Crippen LogP contribution in [0.25, 0.3) is 0 Å². The molecular formula is C26H32O5. The van der Waals surface area contributed by atoms with E-state index in [0.29, 0.717) is 32.0 Å². The summed E-state index contributed by atoms with van der Waals surface area (Å²) >= 11 is 0. The van der Waals surface area contributed by atoms with E-state index in [2.05, 4.69) is 51.3 Å². The molecule has 0 saturated carbocycles. The van der Waals surface area contributed by atoms with Gasteiger partial charge in [0, 0.05) is 11.0 Å². The van der Waals surface area contributed by atoms with Crippen molar-refractivity contribution in [1.29, 1.82) is 0 Å². The van der Waals surface area contributed by atoms with E-state index in [0.717, 1.165) is 11.5 Å². The Hall–Kier alpha value is -3.05. The standard InChI is InChI=1S/C26H32O5/c1-6-15-28-16-17-29-23-11-7-21(8-12-23)26(4,5)22-9-13-24(14-10-22)30-18-19-31-25(27)20(2)3/h6-14H,1-2,15-19H2,3-5H3. The molecule has 5 nitrogen and oxygen atoms in total. The van der Waals surface area contributed by atoms with Crippen molar-refractivity contribution in [3.8, 4) is 11.5 Å². The Balaban J connectivity index is 1.88. The summed E-state index contributed by atoms with van der Waals surface area (Å²) in [6.45, 7) is 15.2. The highest BCUT2D eigenvalue weighted by molar-refractivity contribution is 5.86. The average molecular weight is 425 g/mol. The fourth-order valence-electron chi connectivity index (χ4n) is 2.90. The van der Waals surface area contributed by atoms with E-state index in [1.54, 1.807) is 13.0 Å². The molecule has 31 heavy (non-hydrogen) atoms. The molecule has 0 aliphatic carbocycles. The molecule has 0 unspecified atom stereocenters. The minimum Gasteiger partial charge on any atom is -0.491 e. The van der Waals surface area contributed by atoms with Crippen LogP contribution >= 0.6 is 0 Å². The second-order valence-electron chi connectivity index (χ2n) is 7.65. The molecule has 0 aliphatic heterocycles. The summed E-state index contributed by atoms with van der Waals surface area (Å²) in [5, 5.41) is 0. The summed E-state index contributed by atoms with van der Waals surface area (Å²) in [6, 6.07) is 16.1. The van der Waals surface area contributed by atoms with E-state index in [-0.39, 0.29) is 12.0 Å². The number of carbonyl (C=O) groups excluding carboxylic acids is 1. The van der Waals surface area contributed by atoms with Crippen LogP contribution < -0.4 is 9.47 Å². The van der Waals surface area contributed by atoms with E-state index >= 15 is 0 Å². The van der Waals surface area contributed by atoms with Gasteiger partial charge in [-0.25, -0.2) is 4.79 Å². The average Bonchev–Trinajstić information content (AvgIpc) is 2.77. The first kappa shape index (κ1) is 24.2. The fraction of sp³-hybridized carbons (Fsp3) is 0.346. The van der Waals surface area contributed by atoms with Crippen LogP contribution in [-0.4, -0.2) is 39.0 Å². The van der Waals surface area contributed by atoms with Gasteiger partial charge < -0.3 is 18.9 Å². The van der Waals surface area contributed by atoms with Crippen LogP contribution in [0.15, 0.2) is 73.3 Å². The molecule has 2 rings (SSSR count). The number of benzene rings is 2. The lowest BCUT2D eigenvalue weighted by molar-refractivity contribution is -0.139. The van der Waals surface area contributed by atoms with Gasteiger partial charge in [0.1, 0.15) is 31.3 Å². The van der Waals surface area contributed by atoms with Crippen molar-refractivity contribution in [1.82, 2.24) is 0 Å². The van der Waals surface area contributed by atoms with Crippen molar-refractivity contribution in [2.45, 2.75) is 26.2 Å². The summed E-state index contributed by atoms with van der Waals surface area (Å²) in [7, 11) is 0. The highest BCUT2D eigenvalue weighted by Crippen LogP contribution is 2.33. The topological polar surface area (TPSA) is 54.0 Å². The van der Waals surface area contributed by atoms with Gasteiger partial charge in [-0.05, 0) is 42.3 Å². The minimum absolute atomic E-state index is 0.179. The molecule has 0 spiro atoms. The smallest absolute Gasteiger partial charge is 0.333 e. The first-order valence-electron chi connectivity index (χ1n) is 10.3. The van der Waals surface area contributed by atoms with Crippen LogP contribution in [0, 0.1) is 0 Å². The lowest BCUT2D eigenvalue weighted by Crippen LogP contribution is -2.19. The number of carbonyl (C=O) groups is 1. The van der Waals surface area contributed by atoms with Crippen molar-refractivity contribution in [2.24, 2.45) is 0 Å². The zero-order valence-electron chi connectivity index (χ0n) is 18.7. The predicted molar refractivity (Wildman–Crippen MR) is 123 cm³/mol. The molecule has 0 aromatic heterocycles. The molecule has 5 heteroatoms. The fourth-order valence-corrected chi connectivity index (χ4v) is 2.90. The first-order valence-corrected chi connectivity index (χ1v) is 10.3. The largest absolute Gasteiger partial charge is 0.491 e. The zero-order valence-corrected chi connectivity index (χ0v) is 18.7. The molecule has 0 radical (unpaired) electrons. The zero-order chi connectivity index (χ0) is 22.7. The molecule has 0 saturated heterocycles. The molecule has 166 valence electrons. The van der Waals surface area contributed by atoms with Gasteiger partial charge in [0.05, 0.1) is 13.2 Å². The van der Waals surface area contributed by atoms with Gasteiger partial charge in [-0.15, -0.1) is 6.58 Å². The number of hydrogen-bond donors (Lipinski definition) is 0. The van der Waals surface area contributed by atoms with Crippen LogP contribution in [0.2, 0.25) is 0 Å². The Morgan fingerprint density at radius 3 is 1.81 bits per heavy atom. The summed E-state index contributed by atoms with van der Waals surface area (Å²) in [5.41, 5.74) is 2.55. The minimum atomic E-state index is -0.404. The quantitative estimate of drug-likeness (QED) is 0.194. The van der Waals surface area contributed by atoms with Crippen LogP contribution in [0.4, 0.5) is 0 Å². The van der Waals surface area contributed by atoms with Gasteiger partial charge in [0.15, 0.2) is 0 Å².